The summed E-state index contributed by atoms with van der Waals surface area (Å²) in [7, 11) is 0. The fourth-order valence-electron chi connectivity index (χ4n) is 2.74. The second-order valence-electron chi connectivity index (χ2n) is 6.18. The first-order valence-electron chi connectivity index (χ1n) is 7.88. The zero-order valence-electron chi connectivity index (χ0n) is 14.0. The summed E-state index contributed by atoms with van der Waals surface area (Å²) in [4.78, 5) is 44.0. The van der Waals surface area contributed by atoms with Gasteiger partial charge in [-0.25, -0.2) is 4.79 Å². The van der Waals surface area contributed by atoms with Crippen molar-refractivity contribution in [3.63, 3.8) is 0 Å². The first-order chi connectivity index (χ1) is 11.9. The Morgan fingerprint density at radius 2 is 1.44 bits per heavy atom. The van der Waals surface area contributed by atoms with Gasteiger partial charge in [0.05, 0.1) is 5.56 Å². The van der Waals surface area contributed by atoms with Crippen molar-refractivity contribution < 1.29 is 19.2 Å². The molecule has 6 nitrogen and oxygen atoms in total. The van der Waals surface area contributed by atoms with Gasteiger partial charge in [0.2, 0.25) is 0 Å². The molecule has 1 saturated heterocycles. The van der Waals surface area contributed by atoms with E-state index in [1.165, 1.54) is 4.90 Å². The minimum absolute atomic E-state index is 0.150. The minimum atomic E-state index is -1.09. The van der Waals surface area contributed by atoms with Gasteiger partial charge in [-0.2, -0.15) is 0 Å². The van der Waals surface area contributed by atoms with Crippen LogP contribution in [-0.4, -0.2) is 40.0 Å². The summed E-state index contributed by atoms with van der Waals surface area (Å²) in [5, 5.41) is 0.975. The first-order valence-corrected chi connectivity index (χ1v) is 7.88. The van der Waals surface area contributed by atoms with Crippen LogP contribution >= 0.6 is 0 Å². The fraction of sp³-hybridized carbons (Fsp3) is 0.211. The fourth-order valence-corrected chi connectivity index (χ4v) is 2.74. The lowest BCUT2D eigenvalue weighted by Crippen LogP contribution is -2.51. The molecule has 0 atom stereocenters. The quantitative estimate of drug-likeness (QED) is 0.862. The molecule has 0 N–H and O–H groups in total. The number of hydrogen-bond acceptors (Lipinski definition) is 4. The summed E-state index contributed by atoms with van der Waals surface area (Å²) < 4.78 is 0. The summed E-state index contributed by atoms with van der Waals surface area (Å²) in [6, 6.07) is 17.1. The summed E-state index contributed by atoms with van der Waals surface area (Å²) in [5.41, 5.74) is -0.285. The molecule has 0 spiro atoms. The molecule has 6 heteroatoms. The molecule has 1 aliphatic heterocycles. The number of rotatable bonds is 3. The molecule has 1 fully saturated rings. The average molecular weight is 338 g/mol. The number of amides is 2. The Kier molecular flexibility index (Phi) is 4.27. The zero-order valence-corrected chi connectivity index (χ0v) is 14.0. The van der Waals surface area contributed by atoms with E-state index >= 15 is 0 Å². The number of hydrogen-bond donors (Lipinski definition) is 0. The smallest absolute Gasteiger partial charge is 0.330 e. The Morgan fingerprint density at radius 3 is 2.00 bits per heavy atom. The van der Waals surface area contributed by atoms with E-state index in [-0.39, 0.29) is 12.5 Å². The molecule has 2 amide bonds. The predicted molar refractivity (Wildman–Crippen MR) is 90.3 cm³/mol. The van der Waals surface area contributed by atoms with Gasteiger partial charge in [0.1, 0.15) is 12.2 Å². The maximum atomic E-state index is 12.7. The molecule has 2 aromatic rings. The van der Waals surface area contributed by atoms with Gasteiger partial charge in [0.15, 0.2) is 0 Å². The number of carbonyl (C=O) groups excluding carboxylic acids is 3. The maximum Gasteiger partial charge on any atom is 0.363 e. The van der Waals surface area contributed by atoms with Gasteiger partial charge in [-0.15, -0.1) is 5.06 Å². The van der Waals surface area contributed by atoms with Gasteiger partial charge >= 0.3 is 5.97 Å². The van der Waals surface area contributed by atoms with Crippen LogP contribution in [-0.2, 0) is 9.63 Å². The molecule has 2 aromatic carbocycles. The van der Waals surface area contributed by atoms with Gasteiger partial charge in [-0.3, -0.25) is 9.59 Å². The van der Waals surface area contributed by atoms with E-state index in [0.717, 1.165) is 5.06 Å². The average Bonchev–Trinajstić information content (AvgIpc) is 2.85. The van der Waals surface area contributed by atoms with Crippen molar-refractivity contribution in [1.29, 1.82) is 0 Å². The molecule has 3 rings (SSSR count). The second kappa shape index (κ2) is 6.39. The third kappa shape index (κ3) is 3.10. The van der Waals surface area contributed by atoms with E-state index in [1.54, 1.807) is 68.4 Å². The molecule has 1 aliphatic rings. The van der Waals surface area contributed by atoms with Crippen molar-refractivity contribution >= 4 is 17.8 Å². The van der Waals surface area contributed by atoms with E-state index in [9.17, 15) is 14.4 Å². The van der Waals surface area contributed by atoms with Gasteiger partial charge in [0, 0.05) is 5.56 Å². The highest BCUT2D eigenvalue weighted by atomic mass is 16.7. The van der Waals surface area contributed by atoms with E-state index in [0.29, 0.717) is 11.1 Å². The van der Waals surface area contributed by atoms with Crippen LogP contribution in [0.25, 0.3) is 0 Å². The highest BCUT2D eigenvalue weighted by Gasteiger charge is 2.49. The van der Waals surface area contributed by atoms with Crippen LogP contribution in [0.15, 0.2) is 60.7 Å². The lowest BCUT2D eigenvalue weighted by Gasteiger charge is -2.35. The zero-order chi connectivity index (χ0) is 18.0. The van der Waals surface area contributed by atoms with Crippen molar-refractivity contribution in [2.75, 3.05) is 6.54 Å². The van der Waals surface area contributed by atoms with Gasteiger partial charge in [0.25, 0.3) is 11.8 Å². The number of benzene rings is 2. The molecule has 128 valence electrons. The van der Waals surface area contributed by atoms with Gasteiger partial charge in [-0.05, 0) is 38.1 Å². The lowest BCUT2D eigenvalue weighted by atomic mass is 10.1. The van der Waals surface area contributed by atoms with Crippen molar-refractivity contribution in [2.45, 2.75) is 19.5 Å². The lowest BCUT2D eigenvalue weighted by molar-refractivity contribution is -0.186. The van der Waals surface area contributed by atoms with Crippen LogP contribution in [0.2, 0.25) is 0 Å². The highest BCUT2D eigenvalue weighted by molar-refractivity contribution is 5.99. The van der Waals surface area contributed by atoms with Crippen LogP contribution in [0.1, 0.15) is 34.6 Å². The van der Waals surface area contributed by atoms with Crippen molar-refractivity contribution in [3.05, 3.63) is 71.8 Å². The molecule has 1 heterocycles. The van der Waals surface area contributed by atoms with Gasteiger partial charge in [-0.1, -0.05) is 36.4 Å². The topological polar surface area (TPSA) is 66.9 Å². The second-order valence-corrected chi connectivity index (χ2v) is 6.18. The van der Waals surface area contributed by atoms with E-state index in [1.807, 2.05) is 6.07 Å². The number of nitrogens with zero attached hydrogens (tertiary/aromatic N) is 2. The summed E-state index contributed by atoms with van der Waals surface area (Å²) in [5.74, 6) is -1.38. The summed E-state index contributed by atoms with van der Waals surface area (Å²) >= 11 is 0. The molecule has 0 saturated carbocycles. The Morgan fingerprint density at radius 1 is 0.920 bits per heavy atom. The molecule has 0 radical (unpaired) electrons. The summed E-state index contributed by atoms with van der Waals surface area (Å²) in [6.07, 6.45) is 0. The Hall–Kier alpha value is -3.15. The van der Waals surface area contributed by atoms with Crippen molar-refractivity contribution in [2.24, 2.45) is 0 Å². The normalized spacial score (nSPS) is 16.0. The minimum Gasteiger partial charge on any atom is -0.330 e. The molecule has 0 aromatic heterocycles. The predicted octanol–water partition coefficient (Wildman–Crippen LogP) is 2.48. The summed E-state index contributed by atoms with van der Waals surface area (Å²) in [6.45, 7) is 3.18. The van der Waals surface area contributed by atoms with Crippen LogP contribution in [0.4, 0.5) is 0 Å². The van der Waals surface area contributed by atoms with E-state index in [4.69, 9.17) is 4.84 Å². The number of hydroxylamine groups is 2. The molecule has 0 unspecified atom stereocenters. The standard InChI is InChI=1S/C19H18N2O4/c1-19(2)20(17(23)14-9-5-3-6-10-14)13-16(22)21(19)25-18(24)15-11-7-4-8-12-15/h3-12H,13H2,1-2H3. The van der Waals surface area contributed by atoms with E-state index < -0.39 is 17.5 Å². The van der Waals surface area contributed by atoms with Crippen molar-refractivity contribution in [1.82, 2.24) is 9.96 Å². The first kappa shape index (κ1) is 16.7. The van der Waals surface area contributed by atoms with Gasteiger partial charge < -0.3 is 9.74 Å². The third-order valence-electron chi connectivity index (χ3n) is 4.13. The Bertz CT molecular complexity index is 803. The molecular formula is C19H18N2O4. The Balaban J connectivity index is 1.81. The highest BCUT2D eigenvalue weighted by Crippen LogP contribution is 2.29. The van der Waals surface area contributed by atoms with Crippen LogP contribution < -0.4 is 0 Å². The SMILES string of the molecule is CC1(C)N(C(=O)c2ccccc2)CC(=O)N1OC(=O)c1ccccc1. The maximum absolute atomic E-state index is 12.7. The number of carbonyl (C=O) groups is 3. The van der Waals surface area contributed by atoms with Crippen molar-refractivity contribution in [3.8, 4) is 0 Å². The van der Waals surface area contributed by atoms with Crippen LogP contribution in [0.5, 0.6) is 0 Å². The molecule has 0 bridgehead atoms. The largest absolute Gasteiger partial charge is 0.363 e. The molecule has 0 aliphatic carbocycles. The van der Waals surface area contributed by atoms with Crippen LogP contribution in [0.3, 0.4) is 0 Å². The third-order valence-corrected chi connectivity index (χ3v) is 4.13. The van der Waals surface area contributed by atoms with E-state index in [2.05, 4.69) is 0 Å². The monoisotopic (exact) mass is 338 g/mol. The Labute approximate surface area is 145 Å². The molecule has 25 heavy (non-hydrogen) atoms. The molecular weight excluding hydrogens is 320 g/mol. The van der Waals surface area contributed by atoms with Crippen LogP contribution in [0, 0.1) is 0 Å².